The first-order chi connectivity index (χ1) is 9.60. The molecule has 1 aromatic carbocycles. The van der Waals surface area contributed by atoms with Gasteiger partial charge in [-0.3, -0.25) is 14.9 Å². The zero-order valence-electron chi connectivity index (χ0n) is 11.7. The maximum absolute atomic E-state index is 11.8. The first kappa shape index (κ1) is 17.4. The van der Waals surface area contributed by atoms with Crippen molar-refractivity contribution in [3.63, 3.8) is 0 Å². The van der Waals surface area contributed by atoms with Gasteiger partial charge in [0.25, 0.3) is 5.69 Å². The van der Waals surface area contributed by atoms with Crippen molar-refractivity contribution in [2.45, 2.75) is 31.7 Å². The van der Waals surface area contributed by atoms with Crippen LogP contribution in [-0.2, 0) is 11.2 Å². The lowest BCUT2D eigenvalue weighted by Crippen LogP contribution is -2.41. The number of carbonyl (C=O) groups is 1. The monoisotopic (exact) mass is 313 g/mol. The summed E-state index contributed by atoms with van der Waals surface area (Å²) in [6.07, 6.45) is 3.08. The molecule has 0 radical (unpaired) electrons. The molecule has 6 nitrogen and oxygen atoms in total. The van der Waals surface area contributed by atoms with Gasteiger partial charge in [0, 0.05) is 31.1 Å². The summed E-state index contributed by atoms with van der Waals surface area (Å²) < 4.78 is 0. The van der Waals surface area contributed by atoms with E-state index in [1.165, 1.54) is 12.1 Å². The Hall–Kier alpha value is -1.66. The summed E-state index contributed by atoms with van der Waals surface area (Å²) in [5.41, 5.74) is 6.49. The predicted molar refractivity (Wildman–Crippen MR) is 82.4 cm³/mol. The third-order valence-electron chi connectivity index (χ3n) is 3.55. The van der Waals surface area contributed by atoms with Crippen LogP contribution in [0.3, 0.4) is 0 Å². The van der Waals surface area contributed by atoms with Crippen LogP contribution in [0.4, 0.5) is 5.69 Å². The molecular weight excluding hydrogens is 294 g/mol. The summed E-state index contributed by atoms with van der Waals surface area (Å²) >= 11 is 0. The van der Waals surface area contributed by atoms with Gasteiger partial charge in [0.05, 0.1) is 4.92 Å². The van der Waals surface area contributed by atoms with Gasteiger partial charge in [0.2, 0.25) is 5.91 Å². The van der Waals surface area contributed by atoms with Crippen LogP contribution in [0.25, 0.3) is 0 Å². The van der Waals surface area contributed by atoms with E-state index in [2.05, 4.69) is 5.32 Å². The number of hydrogen-bond donors (Lipinski definition) is 2. The number of halogens is 1. The van der Waals surface area contributed by atoms with Gasteiger partial charge < -0.3 is 11.1 Å². The zero-order chi connectivity index (χ0) is 14.5. The van der Waals surface area contributed by atoms with Gasteiger partial charge in [0.15, 0.2) is 0 Å². The minimum atomic E-state index is -0.429. The van der Waals surface area contributed by atoms with E-state index >= 15 is 0 Å². The number of hydrogen-bond acceptors (Lipinski definition) is 4. The minimum absolute atomic E-state index is 0. The maximum atomic E-state index is 11.8. The molecule has 1 aliphatic carbocycles. The number of benzene rings is 1. The Morgan fingerprint density at radius 1 is 1.48 bits per heavy atom. The van der Waals surface area contributed by atoms with Gasteiger partial charge in [-0.15, -0.1) is 12.4 Å². The molecule has 0 aromatic heterocycles. The van der Waals surface area contributed by atoms with Crippen LogP contribution in [-0.4, -0.2) is 23.4 Å². The Morgan fingerprint density at radius 3 is 2.76 bits per heavy atom. The standard InChI is InChI=1S/C14H19N3O3.ClH/c15-9-13(11-5-6-11)16-14(18)7-4-10-2-1-3-12(8-10)17(19)20;/h1-3,8,11,13H,4-7,9,15H2,(H,16,18);1H. The Labute approximate surface area is 129 Å². The summed E-state index contributed by atoms with van der Waals surface area (Å²) in [7, 11) is 0. The van der Waals surface area contributed by atoms with Crippen molar-refractivity contribution in [1.82, 2.24) is 5.32 Å². The number of aryl methyl sites for hydroxylation is 1. The molecule has 3 N–H and O–H groups in total. The van der Waals surface area contributed by atoms with Crippen molar-refractivity contribution in [2.75, 3.05) is 6.54 Å². The largest absolute Gasteiger partial charge is 0.352 e. The summed E-state index contributed by atoms with van der Waals surface area (Å²) in [6, 6.07) is 6.46. The Kier molecular flexibility index (Phi) is 6.58. The first-order valence-electron chi connectivity index (χ1n) is 6.83. The van der Waals surface area contributed by atoms with Crippen LogP contribution in [0.1, 0.15) is 24.8 Å². The minimum Gasteiger partial charge on any atom is -0.352 e. The van der Waals surface area contributed by atoms with Crippen molar-refractivity contribution in [2.24, 2.45) is 11.7 Å². The number of carbonyl (C=O) groups excluding carboxylic acids is 1. The molecule has 0 heterocycles. The molecule has 0 spiro atoms. The molecule has 1 saturated carbocycles. The molecule has 21 heavy (non-hydrogen) atoms. The third-order valence-corrected chi connectivity index (χ3v) is 3.55. The fourth-order valence-corrected chi connectivity index (χ4v) is 2.23. The number of nitrogens with zero attached hydrogens (tertiary/aromatic N) is 1. The summed E-state index contributed by atoms with van der Waals surface area (Å²) in [5.74, 6) is 0.487. The summed E-state index contributed by atoms with van der Waals surface area (Å²) in [5, 5.41) is 13.6. The van der Waals surface area contributed by atoms with Crippen molar-refractivity contribution < 1.29 is 9.72 Å². The third kappa shape index (κ3) is 5.32. The molecule has 116 valence electrons. The highest BCUT2D eigenvalue weighted by molar-refractivity contribution is 5.85. The number of amides is 1. The fraction of sp³-hybridized carbons (Fsp3) is 0.500. The lowest BCUT2D eigenvalue weighted by atomic mass is 10.1. The zero-order valence-corrected chi connectivity index (χ0v) is 12.5. The summed E-state index contributed by atoms with van der Waals surface area (Å²) in [4.78, 5) is 22.1. The van der Waals surface area contributed by atoms with Crippen molar-refractivity contribution in [1.29, 1.82) is 0 Å². The number of rotatable bonds is 7. The molecule has 1 atom stereocenters. The van der Waals surface area contributed by atoms with Gasteiger partial charge in [-0.25, -0.2) is 0 Å². The molecule has 1 amide bonds. The van der Waals surface area contributed by atoms with Crippen LogP contribution in [0, 0.1) is 16.0 Å². The summed E-state index contributed by atoms with van der Waals surface area (Å²) in [6.45, 7) is 0.465. The number of nitrogens with one attached hydrogen (secondary N) is 1. The lowest BCUT2D eigenvalue weighted by Gasteiger charge is -2.15. The average Bonchev–Trinajstić information content (AvgIpc) is 3.27. The van der Waals surface area contributed by atoms with Crippen LogP contribution >= 0.6 is 12.4 Å². The molecule has 1 aromatic rings. The smallest absolute Gasteiger partial charge is 0.269 e. The number of nitro groups is 1. The van der Waals surface area contributed by atoms with Crippen LogP contribution in [0.5, 0.6) is 0 Å². The topological polar surface area (TPSA) is 98.3 Å². The molecular formula is C14H20ClN3O3. The highest BCUT2D eigenvalue weighted by Crippen LogP contribution is 2.32. The number of nitrogens with two attached hydrogens (primary N) is 1. The van der Waals surface area contributed by atoms with Crippen LogP contribution < -0.4 is 11.1 Å². The van der Waals surface area contributed by atoms with Gasteiger partial charge in [-0.1, -0.05) is 12.1 Å². The average molecular weight is 314 g/mol. The van der Waals surface area contributed by atoms with E-state index in [1.807, 2.05) is 0 Å². The molecule has 1 unspecified atom stereocenters. The Bertz CT molecular complexity index is 506. The quantitative estimate of drug-likeness (QED) is 0.592. The molecule has 1 fully saturated rings. The van der Waals surface area contributed by atoms with Gasteiger partial charge in [0.1, 0.15) is 0 Å². The van der Waals surface area contributed by atoms with Crippen molar-refractivity contribution in [3.05, 3.63) is 39.9 Å². The molecule has 1 aliphatic rings. The predicted octanol–water partition coefficient (Wildman–Crippen LogP) is 1.80. The SMILES string of the molecule is Cl.NCC(NC(=O)CCc1cccc([N+](=O)[O-])c1)C1CC1. The van der Waals surface area contributed by atoms with Crippen LogP contribution in [0.15, 0.2) is 24.3 Å². The highest BCUT2D eigenvalue weighted by atomic mass is 35.5. The molecule has 2 rings (SSSR count). The van der Waals surface area contributed by atoms with Crippen molar-refractivity contribution >= 4 is 24.0 Å². The molecule has 7 heteroatoms. The van der Waals surface area contributed by atoms with E-state index in [0.717, 1.165) is 18.4 Å². The lowest BCUT2D eigenvalue weighted by molar-refractivity contribution is -0.384. The van der Waals surface area contributed by atoms with E-state index in [1.54, 1.807) is 12.1 Å². The van der Waals surface area contributed by atoms with E-state index in [4.69, 9.17) is 5.73 Å². The number of non-ortho nitro benzene ring substituents is 1. The number of nitro benzene ring substituents is 1. The van der Waals surface area contributed by atoms with E-state index in [-0.39, 0.29) is 30.0 Å². The van der Waals surface area contributed by atoms with Gasteiger partial charge in [-0.05, 0) is 30.7 Å². The second-order valence-electron chi connectivity index (χ2n) is 5.17. The second kappa shape index (κ2) is 7.95. The van der Waals surface area contributed by atoms with Gasteiger partial charge >= 0.3 is 0 Å². The van der Waals surface area contributed by atoms with E-state index in [9.17, 15) is 14.9 Å². The molecule has 0 bridgehead atoms. The highest BCUT2D eigenvalue weighted by Gasteiger charge is 2.30. The van der Waals surface area contributed by atoms with E-state index < -0.39 is 4.92 Å². The fourth-order valence-electron chi connectivity index (χ4n) is 2.23. The first-order valence-corrected chi connectivity index (χ1v) is 6.83. The maximum Gasteiger partial charge on any atom is 0.269 e. The van der Waals surface area contributed by atoms with Crippen LogP contribution in [0.2, 0.25) is 0 Å². The molecule has 0 aliphatic heterocycles. The second-order valence-corrected chi connectivity index (χ2v) is 5.17. The Morgan fingerprint density at radius 2 is 2.19 bits per heavy atom. The molecule has 0 saturated heterocycles. The van der Waals surface area contributed by atoms with Gasteiger partial charge in [-0.2, -0.15) is 0 Å². The Balaban J connectivity index is 0.00000220. The normalized spacial score (nSPS) is 14.9. The van der Waals surface area contributed by atoms with E-state index in [0.29, 0.717) is 25.3 Å². The van der Waals surface area contributed by atoms with Crippen molar-refractivity contribution in [3.8, 4) is 0 Å².